The molecule has 0 spiro atoms. The highest BCUT2D eigenvalue weighted by Gasteiger charge is 2.10. The van der Waals surface area contributed by atoms with Gasteiger partial charge in [0.15, 0.2) is 0 Å². The van der Waals surface area contributed by atoms with Crippen molar-refractivity contribution in [2.75, 3.05) is 5.32 Å². The molecule has 3 aromatic rings. The molecule has 21 heavy (non-hydrogen) atoms. The predicted octanol–water partition coefficient (Wildman–Crippen LogP) is 3.82. The molecule has 0 amide bonds. The fraction of sp³-hybridized carbons (Fsp3) is 0.133. The van der Waals surface area contributed by atoms with Gasteiger partial charge in [0.05, 0.1) is 21.7 Å². The first-order valence-electron chi connectivity index (χ1n) is 6.46. The van der Waals surface area contributed by atoms with Gasteiger partial charge in [0.2, 0.25) is 0 Å². The van der Waals surface area contributed by atoms with E-state index in [9.17, 15) is 9.18 Å². The molecule has 0 radical (unpaired) electrons. The molecule has 108 valence electrons. The maximum atomic E-state index is 13.0. The minimum absolute atomic E-state index is 0.0456. The SMILES string of the molecule is CC(Nc1ccc(F)cc1Cl)c1ccc2[nH]c(=O)[nH]c2c1. The summed E-state index contributed by atoms with van der Waals surface area (Å²) in [6.45, 7) is 1.96. The van der Waals surface area contributed by atoms with Gasteiger partial charge in [-0.1, -0.05) is 17.7 Å². The van der Waals surface area contributed by atoms with Gasteiger partial charge in [-0.3, -0.25) is 0 Å². The first-order valence-corrected chi connectivity index (χ1v) is 6.84. The zero-order chi connectivity index (χ0) is 15.0. The summed E-state index contributed by atoms with van der Waals surface area (Å²) in [7, 11) is 0. The Labute approximate surface area is 125 Å². The Balaban J connectivity index is 1.89. The van der Waals surface area contributed by atoms with Crippen molar-refractivity contribution in [3.8, 4) is 0 Å². The smallest absolute Gasteiger partial charge is 0.323 e. The number of nitrogens with one attached hydrogen (secondary N) is 3. The predicted molar refractivity (Wildman–Crippen MR) is 82.4 cm³/mol. The fourth-order valence-corrected chi connectivity index (χ4v) is 2.46. The minimum atomic E-state index is -0.371. The van der Waals surface area contributed by atoms with Gasteiger partial charge in [-0.15, -0.1) is 0 Å². The first-order chi connectivity index (χ1) is 10.0. The molecule has 3 rings (SSSR count). The molecule has 0 fully saturated rings. The van der Waals surface area contributed by atoms with Crippen LogP contribution in [-0.4, -0.2) is 9.97 Å². The van der Waals surface area contributed by atoms with Crippen LogP contribution in [0.1, 0.15) is 18.5 Å². The second-order valence-corrected chi connectivity index (χ2v) is 5.28. The summed E-state index contributed by atoms with van der Waals surface area (Å²) in [5.41, 5.74) is 2.92. The monoisotopic (exact) mass is 305 g/mol. The van der Waals surface area contributed by atoms with E-state index >= 15 is 0 Å². The molecule has 4 nitrogen and oxygen atoms in total. The number of benzene rings is 2. The molecule has 1 unspecified atom stereocenters. The highest BCUT2D eigenvalue weighted by molar-refractivity contribution is 6.33. The van der Waals surface area contributed by atoms with Crippen LogP contribution < -0.4 is 11.0 Å². The number of aromatic nitrogens is 2. The van der Waals surface area contributed by atoms with E-state index < -0.39 is 0 Å². The van der Waals surface area contributed by atoms with E-state index in [1.54, 1.807) is 6.07 Å². The molecule has 0 aliphatic heterocycles. The lowest BCUT2D eigenvalue weighted by Gasteiger charge is -2.17. The van der Waals surface area contributed by atoms with Crippen molar-refractivity contribution < 1.29 is 4.39 Å². The number of rotatable bonds is 3. The molecular formula is C15H13ClFN3O. The summed E-state index contributed by atoms with van der Waals surface area (Å²) in [6, 6.07) is 9.83. The van der Waals surface area contributed by atoms with Gasteiger partial charge in [0.1, 0.15) is 5.82 Å². The quantitative estimate of drug-likeness (QED) is 0.689. The number of H-pyrrole nitrogens is 2. The van der Waals surface area contributed by atoms with Crippen LogP contribution >= 0.6 is 11.6 Å². The third kappa shape index (κ3) is 2.78. The zero-order valence-electron chi connectivity index (χ0n) is 11.2. The minimum Gasteiger partial charge on any atom is -0.377 e. The van der Waals surface area contributed by atoms with Crippen LogP contribution in [0.5, 0.6) is 0 Å². The lowest BCUT2D eigenvalue weighted by atomic mass is 10.1. The van der Waals surface area contributed by atoms with Gasteiger partial charge >= 0.3 is 5.69 Å². The van der Waals surface area contributed by atoms with Gasteiger partial charge in [-0.25, -0.2) is 9.18 Å². The Hall–Kier alpha value is -2.27. The Morgan fingerprint density at radius 1 is 1.14 bits per heavy atom. The highest BCUT2D eigenvalue weighted by Crippen LogP contribution is 2.27. The van der Waals surface area contributed by atoms with Gasteiger partial charge < -0.3 is 15.3 Å². The van der Waals surface area contributed by atoms with Crippen molar-refractivity contribution >= 4 is 28.3 Å². The molecule has 0 aliphatic carbocycles. The van der Waals surface area contributed by atoms with E-state index in [-0.39, 0.29) is 17.5 Å². The molecule has 3 N–H and O–H groups in total. The van der Waals surface area contributed by atoms with Crippen molar-refractivity contribution in [1.82, 2.24) is 9.97 Å². The molecule has 0 saturated heterocycles. The second-order valence-electron chi connectivity index (χ2n) is 4.87. The molecule has 0 aliphatic rings. The Morgan fingerprint density at radius 3 is 2.67 bits per heavy atom. The summed E-state index contributed by atoms with van der Waals surface area (Å²) in [4.78, 5) is 16.7. The molecule has 0 saturated carbocycles. The summed E-state index contributed by atoms with van der Waals surface area (Å²) >= 11 is 6.00. The molecule has 6 heteroatoms. The van der Waals surface area contributed by atoms with Crippen LogP contribution in [-0.2, 0) is 0 Å². The average Bonchev–Trinajstić information content (AvgIpc) is 2.80. The largest absolute Gasteiger partial charge is 0.377 e. The number of aromatic amines is 2. The van der Waals surface area contributed by atoms with Crippen molar-refractivity contribution in [2.45, 2.75) is 13.0 Å². The third-order valence-electron chi connectivity index (χ3n) is 3.34. The molecule has 1 heterocycles. The molecular weight excluding hydrogens is 293 g/mol. The van der Waals surface area contributed by atoms with Crippen LogP contribution in [0.2, 0.25) is 5.02 Å². The van der Waals surface area contributed by atoms with E-state index in [2.05, 4.69) is 15.3 Å². The zero-order valence-corrected chi connectivity index (χ0v) is 12.0. The highest BCUT2D eigenvalue weighted by atomic mass is 35.5. The first kappa shape index (κ1) is 13.7. The number of hydrogen-bond donors (Lipinski definition) is 3. The summed E-state index contributed by atoms with van der Waals surface area (Å²) < 4.78 is 13.0. The molecule has 1 atom stereocenters. The number of imidazole rings is 1. The van der Waals surface area contributed by atoms with Gasteiger partial charge in [0.25, 0.3) is 0 Å². The fourth-order valence-electron chi connectivity index (χ4n) is 2.24. The topological polar surface area (TPSA) is 60.7 Å². The Bertz CT molecular complexity index is 855. The third-order valence-corrected chi connectivity index (χ3v) is 3.66. The maximum absolute atomic E-state index is 13.0. The standard InChI is InChI=1S/C15H13ClFN3O/c1-8(18-12-5-3-10(17)7-11(12)16)9-2-4-13-14(6-9)20-15(21)19-13/h2-8,18H,1H3,(H2,19,20,21). The van der Waals surface area contributed by atoms with Gasteiger partial charge in [-0.05, 0) is 42.8 Å². The van der Waals surface area contributed by atoms with E-state index in [0.29, 0.717) is 10.7 Å². The van der Waals surface area contributed by atoms with Crippen LogP contribution in [0.15, 0.2) is 41.2 Å². The van der Waals surface area contributed by atoms with Crippen molar-refractivity contribution in [1.29, 1.82) is 0 Å². The van der Waals surface area contributed by atoms with E-state index in [4.69, 9.17) is 11.6 Å². The molecule has 2 aromatic carbocycles. The number of halogens is 2. The van der Waals surface area contributed by atoms with E-state index in [1.165, 1.54) is 12.1 Å². The number of hydrogen-bond acceptors (Lipinski definition) is 2. The van der Waals surface area contributed by atoms with Crippen molar-refractivity contribution in [3.63, 3.8) is 0 Å². The second kappa shape index (κ2) is 5.26. The summed E-state index contributed by atoms with van der Waals surface area (Å²) in [6.07, 6.45) is 0. The maximum Gasteiger partial charge on any atom is 0.323 e. The van der Waals surface area contributed by atoms with Crippen LogP contribution in [0.4, 0.5) is 10.1 Å². The number of anilines is 1. The Morgan fingerprint density at radius 2 is 1.90 bits per heavy atom. The lowest BCUT2D eigenvalue weighted by molar-refractivity contribution is 0.628. The van der Waals surface area contributed by atoms with E-state index in [1.807, 2.05) is 25.1 Å². The Kier molecular flexibility index (Phi) is 3.43. The van der Waals surface area contributed by atoms with Crippen molar-refractivity contribution in [2.24, 2.45) is 0 Å². The van der Waals surface area contributed by atoms with Crippen LogP contribution in [0.3, 0.4) is 0 Å². The van der Waals surface area contributed by atoms with Gasteiger partial charge in [-0.2, -0.15) is 0 Å². The van der Waals surface area contributed by atoms with Gasteiger partial charge in [0, 0.05) is 6.04 Å². The molecule has 0 bridgehead atoms. The lowest BCUT2D eigenvalue weighted by Crippen LogP contribution is -2.07. The van der Waals surface area contributed by atoms with E-state index in [0.717, 1.165) is 16.6 Å². The summed E-state index contributed by atoms with van der Waals surface area (Å²) in [5.74, 6) is -0.371. The van der Waals surface area contributed by atoms with Crippen LogP contribution in [0, 0.1) is 5.82 Å². The summed E-state index contributed by atoms with van der Waals surface area (Å²) in [5, 5.41) is 3.56. The molecule has 1 aromatic heterocycles. The average molecular weight is 306 g/mol. The normalized spacial score (nSPS) is 12.5. The van der Waals surface area contributed by atoms with Crippen molar-refractivity contribution in [3.05, 3.63) is 63.3 Å². The van der Waals surface area contributed by atoms with Crippen LogP contribution in [0.25, 0.3) is 11.0 Å². The number of fused-ring (bicyclic) bond motifs is 1.